The molecule has 2 aliphatic rings. The molecule has 0 aromatic carbocycles. The summed E-state index contributed by atoms with van der Waals surface area (Å²) < 4.78 is 0. The van der Waals surface area contributed by atoms with Gasteiger partial charge in [-0.25, -0.2) is 9.97 Å². The summed E-state index contributed by atoms with van der Waals surface area (Å²) in [6.07, 6.45) is 10.4. The lowest BCUT2D eigenvalue weighted by Gasteiger charge is -2.40. The lowest BCUT2D eigenvalue weighted by Crippen LogP contribution is -2.42. The standard InChI is InChI=1S/C22H24N6O/c1-16(29)28-13-7-22(15-28)5-11-27(12-6-22)21-18-4-10-24-14-19(18)25-20(26-21)17-2-8-23-9-3-17/h2-4,8-10,14H,5-7,11-13,15H2,1H3. The predicted octanol–water partition coefficient (Wildman–Crippen LogP) is 2.93. The molecule has 148 valence electrons. The monoisotopic (exact) mass is 388 g/mol. The number of piperidine rings is 1. The molecule has 2 saturated heterocycles. The average Bonchev–Trinajstić information content (AvgIpc) is 3.18. The molecule has 5 rings (SSSR count). The van der Waals surface area contributed by atoms with Crippen LogP contribution < -0.4 is 4.90 Å². The van der Waals surface area contributed by atoms with Crippen molar-refractivity contribution in [2.24, 2.45) is 5.41 Å². The highest BCUT2D eigenvalue weighted by Crippen LogP contribution is 2.42. The molecule has 0 unspecified atom stereocenters. The van der Waals surface area contributed by atoms with Gasteiger partial charge in [-0.1, -0.05) is 0 Å². The zero-order valence-electron chi connectivity index (χ0n) is 16.6. The number of likely N-dealkylation sites (tertiary alicyclic amines) is 1. The van der Waals surface area contributed by atoms with E-state index in [4.69, 9.17) is 9.97 Å². The van der Waals surface area contributed by atoms with Crippen molar-refractivity contribution >= 4 is 22.6 Å². The minimum Gasteiger partial charge on any atom is -0.356 e. The maximum atomic E-state index is 11.8. The Hall–Kier alpha value is -3.09. The van der Waals surface area contributed by atoms with E-state index < -0.39 is 0 Å². The van der Waals surface area contributed by atoms with Gasteiger partial charge >= 0.3 is 0 Å². The number of fused-ring (bicyclic) bond motifs is 1. The molecular weight excluding hydrogens is 364 g/mol. The molecule has 2 fully saturated rings. The lowest BCUT2D eigenvalue weighted by molar-refractivity contribution is -0.128. The van der Waals surface area contributed by atoms with E-state index in [2.05, 4.69) is 14.9 Å². The van der Waals surface area contributed by atoms with Crippen molar-refractivity contribution in [2.75, 3.05) is 31.1 Å². The second kappa shape index (κ2) is 7.06. The van der Waals surface area contributed by atoms with Gasteiger partial charge in [-0.2, -0.15) is 0 Å². The maximum absolute atomic E-state index is 11.8. The number of hydrogen-bond donors (Lipinski definition) is 0. The van der Waals surface area contributed by atoms with Crippen molar-refractivity contribution < 1.29 is 4.79 Å². The third-order valence-corrected chi connectivity index (χ3v) is 6.42. The number of carbonyl (C=O) groups is 1. The van der Waals surface area contributed by atoms with E-state index in [1.54, 1.807) is 31.7 Å². The lowest BCUT2D eigenvalue weighted by atomic mass is 9.77. The summed E-state index contributed by atoms with van der Waals surface area (Å²) >= 11 is 0. The summed E-state index contributed by atoms with van der Waals surface area (Å²) in [5.74, 6) is 1.87. The van der Waals surface area contributed by atoms with Crippen molar-refractivity contribution in [3.63, 3.8) is 0 Å². The summed E-state index contributed by atoms with van der Waals surface area (Å²) in [6, 6.07) is 5.86. The number of amides is 1. The smallest absolute Gasteiger partial charge is 0.219 e. The highest BCUT2D eigenvalue weighted by atomic mass is 16.2. The number of hydrogen-bond acceptors (Lipinski definition) is 6. The summed E-state index contributed by atoms with van der Waals surface area (Å²) in [5, 5.41) is 1.03. The SMILES string of the molecule is CC(=O)N1CCC2(CCN(c3nc(-c4ccncc4)nc4cnccc34)CC2)C1. The van der Waals surface area contributed by atoms with Crippen molar-refractivity contribution in [2.45, 2.75) is 26.2 Å². The van der Waals surface area contributed by atoms with Crippen molar-refractivity contribution in [3.8, 4) is 11.4 Å². The number of aromatic nitrogens is 4. The molecule has 5 heterocycles. The molecule has 7 nitrogen and oxygen atoms in total. The Labute approximate surface area is 169 Å². The number of pyridine rings is 2. The minimum absolute atomic E-state index is 0.195. The molecule has 0 bridgehead atoms. The Morgan fingerprint density at radius 2 is 1.69 bits per heavy atom. The van der Waals surface area contributed by atoms with Crippen LogP contribution >= 0.6 is 0 Å². The van der Waals surface area contributed by atoms with Gasteiger partial charge in [0.05, 0.1) is 11.7 Å². The van der Waals surface area contributed by atoms with Crippen LogP contribution in [0.25, 0.3) is 22.3 Å². The van der Waals surface area contributed by atoms with Gasteiger partial charge < -0.3 is 9.80 Å². The Morgan fingerprint density at radius 3 is 2.41 bits per heavy atom. The van der Waals surface area contributed by atoms with Crippen LogP contribution in [0.2, 0.25) is 0 Å². The van der Waals surface area contributed by atoms with E-state index in [0.29, 0.717) is 5.82 Å². The van der Waals surface area contributed by atoms with E-state index in [1.807, 2.05) is 23.1 Å². The summed E-state index contributed by atoms with van der Waals surface area (Å²) in [6.45, 7) is 5.35. The number of carbonyl (C=O) groups excluding carboxylic acids is 1. The van der Waals surface area contributed by atoms with E-state index in [0.717, 1.165) is 67.7 Å². The van der Waals surface area contributed by atoms with Crippen molar-refractivity contribution in [3.05, 3.63) is 43.0 Å². The van der Waals surface area contributed by atoms with E-state index in [1.165, 1.54) is 0 Å². The Bertz CT molecular complexity index is 1050. The number of anilines is 1. The average molecular weight is 388 g/mol. The number of nitrogens with zero attached hydrogens (tertiary/aromatic N) is 6. The van der Waals surface area contributed by atoms with Crippen LogP contribution in [0, 0.1) is 5.41 Å². The quantitative estimate of drug-likeness (QED) is 0.672. The predicted molar refractivity (Wildman–Crippen MR) is 111 cm³/mol. The fourth-order valence-corrected chi connectivity index (χ4v) is 4.64. The molecule has 1 spiro atoms. The highest BCUT2D eigenvalue weighted by molar-refractivity contribution is 5.90. The van der Waals surface area contributed by atoms with Crippen LogP contribution in [-0.4, -0.2) is 56.9 Å². The fourth-order valence-electron chi connectivity index (χ4n) is 4.64. The van der Waals surface area contributed by atoms with Crippen LogP contribution in [0.3, 0.4) is 0 Å². The van der Waals surface area contributed by atoms with Gasteiger partial charge in [0.15, 0.2) is 5.82 Å². The molecule has 1 amide bonds. The van der Waals surface area contributed by atoms with Crippen LogP contribution in [0.1, 0.15) is 26.2 Å². The molecule has 7 heteroatoms. The second-order valence-electron chi connectivity index (χ2n) is 8.18. The first-order chi connectivity index (χ1) is 14.1. The zero-order chi connectivity index (χ0) is 19.8. The normalized spacial score (nSPS) is 18.5. The first-order valence-electron chi connectivity index (χ1n) is 10.2. The zero-order valence-corrected chi connectivity index (χ0v) is 16.6. The van der Waals surface area contributed by atoms with Crippen molar-refractivity contribution in [1.29, 1.82) is 0 Å². The topological polar surface area (TPSA) is 75.1 Å². The largest absolute Gasteiger partial charge is 0.356 e. The maximum Gasteiger partial charge on any atom is 0.219 e. The van der Waals surface area contributed by atoms with Crippen LogP contribution in [-0.2, 0) is 4.79 Å². The third kappa shape index (κ3) is 3.30. The molecule has 0 atom stereocenters. The third-order valence-electron chi connectivity index (χ3n) is 6.42. The second-order valence-corrected chi connectivity index (χ2v) is 8.18. The van der Waals surface area contributed by atoms with Gasteiger partial charge in [-0.05, 0) is 42.9 Å². The van der Waals surface area contributed by atoms with Crippen LogP contribution in [0.4, 0.5) is 5.82 Å². The highest BCUT2D eigenvalue weighted by Gasteiger charge is 2.41. The molecule has 3 aromatic heterocycles. The van der Waals surface area contributed by atoms with Gasteiger partial charge in [-0.3, -0.25) is 14.8 Å². The fraction of sp³-hybridized carbons (Fsp3) is 0.409. The van der Waals surface area contributed by atoms with Crippen LogP contribution in [0.5, 0.6) is 0 Å². The first kappa shape index (κ1) is 18.0. The first-order valence-corrected chi connectivity index (χ1v) is 10.2. The molecule has 3 aromatic rings. The Kier molecular flexibility index (Phi) is 4.38. The van der Waals surface area contributed by atoms with E-state index in [9.17, 15) is 4.79 Å². The van der Waals surface area contributed by atoms with Crippen LogP contribution in [0.15, 0.2) is 43.0 Å². The molecule has 0 N–H and O–H groups in total. The number of rotatable bonds is 2. The van der Waals surface area contributed by atoms with Gasteiger partial charge in [0.25, 0.3) is 0 Å². The van der Waals surface area contributed by atoms with Gasteiger partial charge in [0, 0.05) is 62.6 Å². The Balaban J connectivity index is 1.46. The molecule has 29 heavy (non-hydrogen) atoms. The molecule has 0 saturated carbocycles. The Morgan fingerprint density at radius 1 is 0.966 bits per heavy atom. The van der Waals surface area contributed by atoms with Crippen molar-refractivity contribution in [1.82, 2.24) is 24.8 Å². The van der Waals surface area contributed by atoms with E-state index in [-0.39, 0.29) is 11.3 Å². The molecule has 0 aliphatic carbocycles. The molecule has 2 aliphatic heterocycles. The summed E-state index contributed by atoms with van der Waals surface area (Å²) in [7, 11) is 0. The minimum atomic E-state index is 0.195. The summed E-state index contributed by atoms with van der Waals surface area (Å²) in [4.78, 5) is 34.2. The molecule has 0 radical (unpaired) electrons. The van der Waals surface area contributed by atoms with Gasteiger partial charge in [0.2, 0.25) is 5.91 Å². The van der Waals surface area contributed by atoms with Gasteiger partial charge in [0.1, 0.15) is 5.82 Å². The molecular formula is C22H24N6O. The summed E-state index contributed by atoms with van der Waals surface area (Å²) in [5.41, 5.74) is 2.07. The van der Waals surface area contributed by atoms with Gasteiger partial charge in [-0.15, -0.1) is 0 Å². The van der Waals surface area contributed by atoms with E-state index >= 15 is 0 Å².